The van der Waals surface area contributed by atoms with Crippen LogP contribution >= 0.6 is 0 Å². The summed E-state index contributed by atoms with van der Waals surface area (Å²) < 4.78 is 0. The summed E-state index contributed by atoms with van der Waals surface area (Å²) in [4.78, 5) is 2.56. The van der Waals surface area contributed by atoms with Crippen LogP contribution in [0.2, 0.25) is 0 Å². The van der Waals surface area contributed by atoms with Crippen molar-refractivity contribution in [3.05, 3.63) is 35.9 Å². The van der Waals surface area contributed by atoms with Crippen LogP contribution in [0.15, 0.2) is 30.3 Å². The second kappa shape index (κ2) is 5.65. The lowest BCUT2D eigenvalue weighted by Crippen LogP contribution is -2.41. The maximum Gasteiger partial charge on any atom is 0.0237 e. The molecule has 0 unspecified atom stereocenters. The van der Waals surface area contributed by atoms with Crippen LogP contribution in [0.25, 0.3) is 0 Å². The van der Waals surface area contributed by atoms with Crippen LogP contribution in [0.1, 0.15) is 32.3 Å². The molecule has 2 nitrogen and oxygen atoms in total. The van der Waals surface area contributed by atoms with E-state index in [4.69, 9.17) is 5.73 Å². The number of hydrogen-bond acceptors (Lipinski definition) is 2. The topological polar surface area (TPSA) is 29.3 Å². The van der Waals surface area contributed by atoms with Gasteiger partial charge in [-0.2, -0.15) is 0 Å². The molecule has 1 aliphatic carbocycles. The third-order valence-electron chi connectivity index (χ3n) is 3.59. The van der Waals surface area contributed by atoms with Crippen LogP contribution < -0.4 is 5.73 Å². The molecule has 2 heteroatoms. The Bertz CT molecular complexity index is 330. The number of nitrogens with two attached hydrogens (primary N) is 1. The first-order chi connectivity index (χ1) is 8.16. The number of rotatable bonds is 6. The van der Waals surface area contributed by atoms with Crippen molar-refractivity contribution in [1.29, 1.82) is 0 Å². The highest BCUT2D eigenvalue weighted by Gasteiger charge is 2.30. The second-order valence-corrected chi connectivity index (χ2v) is 5.55. The number of hydrogen-bond donors (Lipinski definition) is 1. The summed E-state index contributed by atoms with van der Waals surface area (Å²) in [5.41, 5.74) is 7.59. The van der Waals surface area contributed by atoms with E-state index in [1.807, 2.05) is 0 Å². The van der Waals surface area contributed by atoms with Gasteiger partial charge < -0.3 is 5.73 Å². The maximum atomic E-state index is 6.19. The summed E-state index contributed by atoms with van der Waals surface area (Å²) >= 11 is 0. The molecular formula is C15H24N2. The Morgan fingerprint density at radius 1 is 1.24 bits per heavy atom. The summed E-state index contributed by atoms with van der Waals surface area (Å²) in [6.45, 7) is 6.49. The highest BCUT2D eigenvalue weighted by atomic mass is 15.2. The van der Waals surface area contributed by atoms with Crippen molar-refractivity contribution in [2.75, 3.05) is 6.54 Å². The van der Waals surface area contributed by atoms with Gasteiger partial charge in [-0.25, -0.2) is 0 Å². The quantitative estimate of drug-likeness (QED) is 0.817. The largest absolute Gasteiger partial charge is 0.326 e. The molecule has 1 fully saturated rings. The van der Waals surface area contributed by atoms with E-state index >= 15 is 0 Å². The molecule has 0 heterocycles. The van der Waals surface area contributed by atoms with Crippen molar-refractivity contribution in [3.8, 4) is 0 Å². The van der Waals surface area contributed by atoms with Gasteiger partial charge >= 0.3 is 0 Å². The van der Waals surface area contributed by atoms with Crippen molar-refractivity contribution < 1.29 is 0 Å². The minimum atomic E-state index is 0.291. The lowest BCUT2D eigenvalue weighted by atomic mass is 10.0. The highest BCUT2D eigenvalue weighted by Crippen LogP contribution is 2.28. The van der Waals surface area contributed by atoms with Crippen LogP contribution in [0.3, 0.4) is 0 Å². The first kappa shape index (κ1) is 12.6. The number of nitrogens with zero attached hydrogens (tertiary/aromatic N) is 1. The van der Waals surface area contributed by atoms with Gasteiger partial charge in [0.15, 0.2) is 0 Å². The van der Waals surface area contributed by atoms with Gasteiger partial charge in [0.2, 0.25) is 0 Å². The smallest absolute Gasteiger partial charge is 0.0237 e. The summed E-state index contributed by atoms with van der Waals surface area (Å²) in [6, 6.07) is 11.8. The van der Waals surface area contributed by atoms with Crippen molar-refractivity contribution in [2.45, 2.75) is 45.3 Å². The zero-order valence-electron chi connectivity index (χ0n) is 11.0. The molecule has 0 saturated heterocycles. The van der Waals surface area contributed by atoms with Gasteiger partial charge in [-0.1, -0.05) is 44.2 Å². The van der Waals surface area contributed by atoms with Crippen LogP contribution in [-0.4, -0.2) is 23.5 Å². The maximum absolute atomic E-state index is 6.19. The molecule has 2 rings (SSSR count). The van der Waals surface area contributed by atoms with Crippen LogP contribution in [0.5, 0.6) is 0 Å². The van der Waals surface area contributed by atoms with E-state index in [0.717, 1.165) is 19.1 Å². The fourth-order valence-electron chi connectivity index (χ4n) is 2.08. The Balaban J connectivity index is 1.93. The summed E-state index contributed by atoms with van der Waals surface area (Å²) in [5.74, 6) is 0.562. The Kier molecular flexibility index (Phi) is 4.19. The van der Waals surface area contributed by atoms with Gasteiger partial charge in [-0.15, -0.1) is 0 Å². The van der Waals surface area contributed by atoms with E-state index in [1.54, 1.807) is 0 Å². The highest BCUT2D eigenvalue weighted by molar-refractivity contribution is 5.15. The zero-order chi connectivity index (χ0) is 12.3. The van der Waals surface area contributed by atoms with E-state index in [2.05, 4.69) is 49.1 Å². The van der Waals surface area contributed by atoms with Crippen molar-refractivity contribution >= 4 is 0 Å². The van der Waals surface area contributed by atoms with E-state index in [-0.39, 0.29) is 0 Å². The van der Waals surface area contributed by atoms with Gasteiger partial charge in [0.05, 0.1) is 0 Å². The second-order valence-electron chi connectivity index (χ2n) is 5.55. The molecule has 2 N–H and O–H groups in total. The van der Waals surface area contributed by atoms with Gasteiger partial charge in [-0.05, 0) is 24.3 Å². The molecular weight excluding hydrogens is 208 g/mol. The molecule has 0 aromatic heterocycles. The molecule has 1 aliphatic rings. The van der Waals surface area contributed by atoms with Crippen molar-refractivity contribution in [2.24, 2.45) is 11.7 Å². The first-order valence-electron chi connectivity index (χ1n) is 6.70. The SMILES string of the molecule is CC(C)[C@@H](N)CN(Cc1ccccc1)C1CC1. The summed E-state index contributed by atoms with van der Waals surface area (Å²) in [7, 11) is 0. The Labute approximate surface area is 105 Å². The molecule has 0 bridgehead atoms. The van der Waals surface area contributed by atoms with Crippen LogP contribution in [0.4, 0.5) is 0 Å². The molecule has 1 aromatic carbocycles. The summed E-state index contributed by atoms with van der Waals surface area (Å²) in [5, 5.41) is 0. The fraction of sp³-hybridized carbons (Fsp3) is 0.600. The molecule has 0 radical (unpaired) electrons. The fourth-order valence-corrected chi connectivity index (χ4v) is 2.08. The monoisotopic (exact) mass is 232 g/mol. The van der Waals surface area contributed by atoms with Crippen molar-refractivity contribution in [1.82, 2.24) is 4.90 Å². The predicted octanol–water partition coefficient (Wildman–Crippen LogP) is 2.63. The molecule has 0 aliphatic heterocycles. The van der Waals surface area contributed by atoms with Gasteiger partial charge in [0.1, 0.15) is 0 Å². The van der Waals surface area contributed by atoms with Gasteiger partial charge in [0.25, 0.3) is 0 Å². The Morgan fingerprint density at radius 3 is 2.41 bits per heavy atom. The lowest BCUT2D eigenvalue weighted by Gasteiger charge is -2.27. The molecule has 17 heavy (non-hydrogen) atoms. The van der Waals surface area contributed by atoms with E-state index in [1.165, 1.54) is 18.4 Å². The Hall–Kier alpha value is -0.860. The molecule has 1 atom stereocenters. The zero-order valence-corrected chi connectivity index (χ0v) is 11.0. The van der Waals surface area contributed by atoms with Crippen LogP contribution in [-0.2, 0) is 6.54 Å². The Morgan fingerprint density at radius 2 is 1.88 bits per heavy atom. The van der Waals surface area contributed by atoms with E-state index in [9.17, 15) is 0 Å². The molecule has 0 amide bonds. The minimum absolute atomic E-state index is 0.291. The third-order valence-corrected chi connectivity index (χ3v) is 3.59. The normalized spacial score (nSPS) is 17.7. The molecule has 0 spiro atoms. The van der Waals surface area contributed by atoms with Crippen molar-refractivity contribution in [3.63, 3.8) is 0 Å². The van der Waals surface area contributed by atoms with Gasteiger partial charge in [-0.3, -0.25) is 4.90 Å². The predicted molar refractivity (Wildman–Crippen MR) is 72.7 cm³/mol. The number of benzene rings is 1. The first-order valence-corrected chi connectivity index (χ1v) is 6.70. The van der Waals surface area contributed by atoms with Gasteiger partial charge in [0, 0.05) is 25.2 Å². The molecule has 1 aromatic rings. The van der Waals surface area contributed by atoms with E-state index in [0.29, 0.717) is 12.0 Å². The third kappa shape index (κ3) is 3.83. The average Bonchev–Trinajstić information content (AvgIpc) is 3.13. The average molecular weight is 232 g/mol. The molecule has 1 saturated carbocycles. The minimum Gasteiger partial charge on any atom is -0.326 e. The summed E-state index contributed by atoms with van der Waals surface area (Å²) in [6.07, 6.45) is 2.69. The van der Waals surface area contributed by atoms with Crippen LogP contribution in [0, 0.1) is 5.92 Å². The standard InChI is InChI=1S/C15H24N2/c1-12(2)15(16)11-17(14-8-9-14)10-13-6-4-3-5-7-13/h3-7,12,14-15H,8-11,16H2,1-2H3/t15-/m0/s1. The molecule has 94 valence electrons. The van der Waals surface area contributed by atoms with E-state index < -0.39 is 0 Å². The lowest BCUT2D eigenvalue weighted by molar-refractivity contribution is 0.220.